The van der Waals surface area contributed by atoms with Crippen molar-refractivity contribution in [2.75, 3.05) is 20.2 Å². The normalized spacial score (nSPS) is 27.7. The molecule has 0 aromatic heterocycles. The van der Waals surface area contributed by atoms with E-state index in [0.29, 0.717) is 6.04 Å². The van der Waals surface area contributed by atoms with E-state index in [0.717, 1.165) is 37.2 Å². The van der Waals surface area contributed by atoms with E-state index >= 15 is 0 Å². The molecule has 1 aliphatic heterocycles. The van der Waals surface area contributed by atoms with Crippen molar-refractivity contribution < 1.29 is 9.84 Å². The van der Waals surface area contributed by atoms with E-state index < -0.39 is 0 Å². The molecule has 3 heteroatoms. The van der Waals surface area contributed by atoms with Gasteiger partial charge in [0.05, 0.1) is 13.2 Å². The number of nitrogens with zero attached hydrogens (tertiary/aromatic N) is 1. The van der Waals surface area contributed by atoms with Gasteiger partial charge in [0.15, 0.2) is 0 Å². The molecule has 1 aliphatic carbocycles. The lowest BCUT2D eigenvalue weighted by atomic mass is 9.85. The molecule has 0 radical (unpaired) electrons. The third-order valence-corrected chi connectivity index (χ3v) is 4.85. The molecule has 110 valence electrons. The number of ether oxygens (including phenoxy) is 1. The van der Waals surface area contributed by atoms with Crippen molar-refractivity contribution in [3.05, 3.63) is 29.3 Å². The molecule has 1 aromatic carbocycles. The van der Waals surface area contributed by atoms with Gasteiger partial charge in [-0.15, -0.1) is 0 Å². The van der Waals surface area contributed by atoms with Gasteiger partial charge in [0, 0.05) is 6.04 Å². The summed E-state index contributed by atoms with van der Waals surface area (Å²) in [5, 5.41) is 10.7. The smallest absolute Gasteiger partial charge is 0.119 e. The Morgan fingerprint density at radius 2 is 1.90 bits per heavy atom. The van der Waals surface area contributed by atoms with Gasteiger partial charge in [0.1, 0.15) is 5.75 Å². The summed E-state index contributed by atoms with van der Waals surface area (Å²) in [5.74, 6) is 0.893. The molecule has 1 heterocycles. The molecule has 0 spiro atoms. The standard InChI is InChI=1S/C17H25NO2/c1-20-14-7-8-15-13(12-14)6-9-16(17(15)19)18-10-4-2-3-5-11-18/h7-8,12,16-17,19H,2-6,9-11H2,1H3. The maximum atomic E-state index is 10.7. The quantitative estimate of drug-likeness (QED) is 0.901. The maximum absolute atomic E-state index is 10.7. The van der Waals surface area contributed by atoms with Crippen LogP contribution in [0.25, 0.3) is 0 Å². The molecule has 1 aromatic rings. The van der Waals surface area contributed by atoms with E-state index in [1.807, 2.05) is 12.1 Å². The van der Waals surface area contributed by atoms with E-state index in [2.05, 4.69) is 11.0 Å². The second-order valence-electron chi connectivity index (χ2n) is 6.07. The summed E-state index contributed by atoms with van der Waals surface area (Å²) in [6.07, 6.45) is 6.99. The second-order valence-corrected chi connectivity index (χ2v) is 6.07. The highest BCUT2D eigenvalue weighted by Crippen LogP contribution is 2.35. The second kappa shape index (κ2) is 6.15. The van der Waals surface area contributed by atoms with Crippen LogP contribution in [-0.2, 0) is 6.42 Å². The SMILES string of the molecule is COc1ccc2c(c1)CCC(N1CCCCCC1)C2O. The van der Waals surface area contributed by atoms with E-state index in [1.54, 1.807) is 7.11 Å². The monoisotopic (exact) mass is 275 g/mol. The number of benzene rings is 1. The van der Waals surface area contributed by atoms with Gasteiger partial charge in [0.2, 0.25) is 0 Å². The van der Waals surface area contributed by atoms with Crippen molar-refractivity contribution >= 4 is 0 Å². The van der Waals surface area contributed by atoms with Gasteiger partial charge in [-0.25, -0.2) is 0 Å². The molecule has 20 heavy (non-hydrogen) atoms. The van der Waals surface area contributed by atoms with Crippen LogP contribution in [0.4, 0.5) is 0 Å². The van der Waals surface area contributed by atoms with Crippen molar-refractivity contribution in [3.63, 3.8) is 0 Å². The Labute approximate surface area is 121 Å². The summed E-state index contributed by atoms with van der Waals surface area (Å²) in [4.78, 5) is 2.52. The highest BCUT2D eigenvalue weighted by molar-refractivity contribution is 5.39. The van der Waals surface area contributed by atoms with Gasteiger partial charge in [-0.2, -0.15) is 0 Å². The zero-order valence-electron chi connectivity index (χ0n) is 12.3. The fourth-order valence-electron chi connectivity index (χ4n) is 3.69. The minimum atomic E-state index is -0.345. The lowest BCUT2D eigenvalue weighted by Gasteiger charge is -2.38. The molecule has 3 nitrogen and oxygen atoms in total. The first-order chi connectivity index (χ1) is 9.79. The average Bonchev–Trinajstić information content (AvgIpc) is 2.76. The summed E-state index contributed by atoms with van der Waals surface area (Å²) in [6.45, 7) is 2.29. The Balaban J connectivity index is 1.79. The zero-order valence-corrected chi connectivity index (χ0v) is 12.3. The number of aryl methyl sites for hydroxylation is 1. The Hall–Kier alpha value is -1.06. The highest BCUT2D eigenvalue weighted by Gasteiger charge is 2.32. The first kappa shape index (κ1) is 13.9. The van der Waals surface area contributed by atoms with Crippen molar-refractivity contribution in [1.82, 2.24) is 4.90 Å². The highest BCUT2D eigenvalue weighted by atomic mass is 16.5. The fraction of sp³-hybridized carbons (Fsp3) is 0.647. The molecule has 0 bridgehead atoms. The van der Waals surface area contributed by atoms with Crippen LogP contribution >= 0.6 is 0 Å². The first-order valence-electron chi connectivity index (χ1n) is 7.88. The number of aliphatic hydroxyl groups excluding tert-OH is 1. The summed E-state index contributed by atoms with van der Waals surface area (Å²) < 4.78 is 5.28. The Morgan fingerprint density at radius 3 is 2.60 bits per heavy atom. The van der Waals surface area contributed by atoms with E-state index in [-0.39, 0.29) is 6.10 Å². The van der Waals surface area contributed by atoms with E-state index in [1.165, 1.54) is 31.2 Å². The molecule has 2 atom stereocenters. The van der Waals surface area contributed by atoms with Crippen LogP contribution < -0.4 is 4.74 Å². The fourth-order valence-corrected chi connectivity index (χ4v) is 3.69. The molecule has 2 unspecified atom stereocenters. The largest absolute Gasteiger partial charge is 0.497 e. The Morgan fingerprint density at radius 1 is 1.15 bits per heavy atom. The van der Waals surface area contributed by atoms with Gasteiger partial charge in [-0.1, -0.05) is 18.9 Å². The molecule has 2 aliphatic rings. The molecular formula is C17H25NO2. The summed E-state index contributed by atoms with van der Waals surface area (Å²) >= 11 is 0. The third kappa shape index (κ3) is 2.70. The predicted molar refractivity (Wildman–Crippen MR) is 80.1 cm³/mol. The first-order valence-corrected chi connectivity index (χ1v) is 7.88. The molecule has 3 rings (SSSR count). The van der Waals surface area contributed by atoms with Crippen LogP contribution in [0.3, 0.4) is 0 Å². The van der Waals surface area contributed by atoms with Crippen LogP contribution in [-0.4, -0.2) is 36.2 Å². The molecule has 1 saturated heterocycles. The number of fused-ring (bicyclic) bond motifs is 1. The number of methoxy groups -OCH3 is 1. The Kier molecular flexibility index (Phi) is 4.27. The van der Waals surface area contributed by atoms with E-state index in [4.69, 9.17) is 4.74 Å². The average molecular weight is 275 g/mol. The minimum absolute atomic E-state index is 0.300. The molecule has 0 saturated carbocycles. The van der Waals surface area contributed by atoms with Crippen LogP contribution in [0, 0.1) is 0 Å². The topological polar surface area (TPSA) is 32.7 Å². The lowest BCUT2D eigenvalue weighted by molar-refractivity contribution is 0.0376. The summed E-state index contributed by atoms with van der Waals surface area (Å²) in [6, 6.07) is 6.39. The molecular weight excluding hydrogens is 250 g/mol. The van der Waals surface area contributed by atoms with Gasteiger partial charge >= 0.3 is 0 Å². The predicted octanol–water partition coefficient (Wildman–Crippen LogP) is 2.92. The number of rotatable bonds is 2. The van der Waals surface area contributed by atoms with Crippen molar-refractivity contribution in [1.29, 1.82) is 0 Å². The Bertz CT molecular complexity index is 452. The minimum Gasteiger partial charge on any atom is -0.497 e. The number of likely N-dealkylation sites (tertiary alicyclic amines) is 1. The van der Waals surface area contributed by atoms with Crippen LogP contribution in [0.2, 0.25) is 0 Å². The number of aliphatic hydroxyl groups is 1. The number of hydrogen-bond acceptors (Lipinski definition) is 3. The molecule has 0 amide bonds. The molecule has 1 N–H and O–H groups in total. The summed E-state index contributed by atoms with van der Waals surface area (Å²) in [7, 11) is 1.70. The van der Waals surface area contributed by atoms with Gasteiger partial charge in [0.25, 0.3) is 0 Å². The zero-order chi connectivity index (χ0) is 13.9. The maximum Gasteiger partial charge on any atom is 0.119 e. The number of hydrogen-bond donors (Lipinski definition) is 1. The van der Waals surface area contributed by atoms with Crippen LogP contribution in [0.1, 0.15) is 49.3 Å². The van der Waals surface area contributed by atoms with Crippen molar-refractivity contribution in [2.45, 2.75) is 50.7 Å². The van der Waals surface area contributed by atoms with Gasteiger partial charge in [-0.05, 0) is 62.0 Å². The molecule has 1 fully saturated rings. The van der Waals surface area contributed by atoms with Crippen molar-refractivity contribution in [2.24, 2.45) is 0 Å². The van der Waals surface area contributed by atoms with Crippen LogP contribution in [0.5, 0.6) is 5.75 Å². The lowest BCUT2D eigenvalue weighted by Crippen LogP contribution is -2.42. The van der Waals surface area contributed by atoms with Crippen LogP contribution in [0.15, 0.2) is 18.2 Å². The van der Waals surface area contributed by atoms with E-state index in [9.17, 15) is 5.11 Å². The summed E-state index contributed by atoms with van der Waals surface area (Å²) in [5.41, 5.74) is 2.36. The third-order valence-electron chi connectivity index (χ3n) is 4.85. The van der Waals surface area contributed by atoms with Gasteiger partial charge < -0.3 is 9.84 Å². The van der Waals surface area contributed by atoms with Crippen molar-refractivity contribution in [3.8, 4) is 5.75 Å². The van der Waals surface area contributed by atoms with Gasteiger partial charge in [-0.3, -0.25) is 4.90 Å².